The number of rotatable bonds is 6. The van der Waals surface area contributed by atoms with Crippen LogP contribution in [0.3, 0.4) is 0 Å². The minimum absolute atomic E-state index is 0.135. The van der Waals surface area contributed by atoms with E-state index in [1.165, 1.54) is 0 Å². The third-order valence-electron chi connectivity index (χ3n) is 4.52. The molecule has 28 heavy (non-hydrogen) atoms. The molecule has 0 aliphatic heterocycles. The van der Waals surface area contributed by atoms with E-state index in [2.05, 4.69) is 22.0 Å². The molecule has 0 saturated heterocycles. The lowest BCUT2D eigenvalue weighted by atomic mass is 10.1. The molecule has 4 aromatic heterocycles. The minimum atomic E-state index is 0.135. The smallest absolute Gasteiger partial charge is 0.256 e. The second-order valence-corrected chi connectivity index (χ2v) is 6.35. The molecule has 144 valence electrons. The Bertz CT molecular complexity index is 1130. The van der Waals surface area contributed by atoms with Gasteiger partial charge in [0, 0.05) is 30.7 Å². The molecular formula is C20H21N5O3. The van der Waals surface area contributed by atoms with Gasteiger partial charge in [0.05, 0.1) is 42.7 Å². The van der Waals surface area contributed by atoms with E-state index in [-0.39, 0.29) is 5.88 Å². The topological polar surface area (TPSA) is 87.2 Å². The predicted molar refractivity (Wildman–Crippen MR) is 105 cm³/mol. The summed E-state index contributed by atoms with van der Waals surface area (Å²) in [6.45, 7) is 2.92. The molecule has 0 unspecified atom stereocenters. The van der Waals surface area contributed by atoms with Gasteiger partial charge in [-0.05, 0) is 24.6 Å². The molecule has 0 amide bonds. The van der Waals surface area contributed by atoms with Crippen molar-refractivity contribution in [2.24, 2.45) is 0 Å². The molecular weight excluding hydrogens is 358 g/mol. The summed E-state index contributed by atoms with van der Waals surface area (Å²) in [5.41, 5.74) is 2.98. The highest BCUT2D eigenvalue weighted by Gasteiger charge is 2.14. The van der Waals surface area contributed by atoms with Gasteiger partial charge in [-0.3, -0.25) is 9.25 Å². The first-order chi connectivity index (χ1) is 13.6. The van der Waals surface area contributed by atoms with Crippen molar-refractivity contribution in [3.63, 3.8) is 0 Å². The van der Waals surface area contributed by atoms with Crippen molar-refractivity contribution in [3.8, 4) is 34.5 Å². The summed E-state index contributed by atoms with van der Waals surface area (Å²) in [6.07, 6.45) is 8.11. The fraction of sp³-hybridized carbons (Fsp3) is 0.250. The van der Waals surface area contributed by atoms with E-state index < -0.39 is 0 Å². The first-order valence-corrected chi connectivity index (χ1v) is 8.97. The molecule has 4 heterocycles. The van der Waals surface area contributed by atoms with Crippen LogP contribution in [0.25, 0.3) is 27.8 Å². The Balaban J connectivity index is 1.75. The number of hydrogen-bond acceptors (Lipinski definition) is 6. The molecule has 8 nitrogen and oxygen atoms in total. The number of aromatic nitrogens is 5. The van der Waals surface area contributed by atoms with Crippen LogP contribution in [0.4, 0.5) is 0 Å². The summed E-state index contributed by atoms with van der Waals surface area (Å²) in [7, 11) is 3.11. The van der Waals surface area contributed by atoms with Crippen molar-refractivity contribution in [1.82, 2.24) is 24.3 Å². The van der Waals surface area contributed by atoms with Crippen molar-refractivity contribution in [1.29, 1.82) is 0 Å². The molecule has 0 spiro atoms. The van der Waals surface area contributed by atoms with E-state index in [0.29, 0.717) is 22.5 Å². The number of aromatic hydroxyl groups is 1. The van der Waals surface area contributed by atoms with Crippen LogP contribution in [0.1, 0.15) is 13.3 Å². The maximum absolute atomic E-state index is 10.6. The highest BCUT2D eigenvalue weighted by atomic mass is 16.5. The third-order valence-corrected chi connectivity index (χ3v) is 4.52. The highest BCUT2D eigenvalue weighted by molar-refractivity contribution is 5.87. The lowest BCUT2D eigenvalue weighted by molar-refractivity contribution is 0.343. The van der Waals surface area contributed by atoms with Crippen molar-refractivity contribution >= 4 is 10.9 Å². The van der Waals surface area contributed by atoms with Gasteiger partial charge in [0.15, 0.2) is 5.75 Å². The second kappa shape index (κ2) is 7.22. The van der Waals surface area contributed by atoms with Crippen LogP contribution in [-0.4, -0.2) is 43.6 Å². The van der Waals surface area contributed by atoms with Gasteiger partial charge in [0.2, 0.25) is 5.88 Å². The number of aryl methyl sites for hydroxylation is 1. The van der Waals surface area contributed by atoms with Crippen molar-refractivity contribution in [2.45, 2.75) is 19.9 Å². The van der Waals surface area contributed by atoms with Gasteiger partial charge in [0.1, 0.15) is 0 Å². The van der Waals surface area contributed by atoms with Gasteiger partial charge in [0.25, 0.3) is 5.88 Å². The number of ether oxygens (including phenoxy) is 2. The average Bonchev–Trinajstić information content (AvgIpc) is 3.31. The number of fused-ring (bicyclic) bond motifs is 1. The van der Waals surface area contributed by atoms with Crippen LogP contribution in [0.5, 0.6) is 17.5 Å². The van der Waals surface area contributed by atoms with Crippen LogP contribution in [0, 0.1) is 0 Å². The van der Waals surface area contributed by atoms with Crippen LogP contribution >= 0.6 is 0 Å². The van der Waals surface area contributed by atoms with Crippen molar-refractivity contribution in [2.75, 3.05) is 14.2 Å². The zero-order chi connectivity index (χ0) is 19.7. The van der Waals surface area contributed by atoms with Gasteiger partial charge in [-0.15, -0.1) is 0 Å². The molecule has 0 radical (unpaired) electrons. The SMILES string of the molecule is CCCn1cc(-n2cc3nc(-c4cnc(OC)c(OC)c4)ccc3c2O)cn1. The zero-order valence-corrected chi connectivity index (χ0v) is 16.0. The fourth-order valence-electron chi connectivity index (χ4n) is 3.13. The van der Waals surface area contributed by atoms with Gasteiger partial charge < -0.3 is 14.6 Å². The lowest BCUT2D eigenvalue weighted by Gasteiger charge is -2.08. The Morgan fingerprint density at radius 3 is 2.71 bits per heavy atom. The number of methoxy groups -OCH3 is 2. The Kier molecular flexibility index (Phi) is 4.60. The summed E-state index contributed by atoms with van der Waals surface area (Å²) >= 11 is 0. The van der Waals surface area contributed by atoms with E-state index >= 15 is 0 Å². The van der Waals surface area contributed by atoms with Crippen LogP contribution in [0.15, 0.2) is 43.0 Å². The highest BCUT2D eigenvalue weighted by Crippen LogP contribution is 2.33. The molecule has 4 rings (SSSR count). The average molecular weight is 379 g/mol. The largest absolute Gasteiger partial charge is 0.494 e. The van der Waals surface area contributed by atoms with Gasteiger partial charge in [-0.2, -0.15) is 5.10 Å². The Morgan fingerprint density at radius 2 is 1.96 bits per heavy atom. The van der Waals surface area contributed by atoms with Gasteiger partial charge in [-0.1, -0.05) is 6.92 Å². The van der Waals surface area contributed by atoms with E-state index in [9.17, 15) is 5.11 Å². The monoisotopic (exact) mass is 379 g/mol. The molecule has 1 N–H and O–H groups in total. The normalized spacial score (nSPS) is 11.1. The van der Waals surface area contributed by atoms with E-state index in [1.54, 1.807) is 37.4 Å². The molecule has 8 heteroatoms. The molecule has 0 aliphatic rings. The standard InChI is InChI=1S/C20H21N5O3/c1-4-7-24-11-14(10-22-24)25-12-17-15(20(25)26)5-6-16(23-17)13-8-18(27-2)19(28-3)21-9-13/h5-6,8-12,26H,4,7H2,1-3H3. The van der Waals surface area contributed by atoms with Crippen LogP contribution in [-0.2, 0) is 6.54 Å². The molecule has 4 aromatic rings. The number of hydrogen-bond donors (Lipinski definition) is 1. The molecule has 0 fully saturated rings. The molecule has 0 aliphatic carbocycles. The van der Waals surface area contributed by atoms with E-state index in [1.807, 2.05) is 29.1 Å². The molecule has 0 saturated carbocycles. The van der Waals surface area contributed by atoms with Gasteiger partial charge in [-0.25, -0.2) is 9.97 Å². The first-order valence-electron chi connectivity index (χ1n) is 8.97. The molecule has 0 atom stereocenters. The van der Waals surface area contributed by atoms with E-state index in [4.69, 9.17) is 9.47 Å². The van der Waals surface area contributed by atoms with E-state index in [0.717, 1.165) is 29.9 Å². The minimum Gasteiger partial charge on any atom is -0.494 e. The summed E-state index contributed by atoms with van der Waals surface area (Å²) in [6, 6.07) is 5.51. The second-order valence-electron chi connectivity index (χ2n) is 6.35. The Labute approximate surface area is 162 Å². The number of pyridine rings is 2. The molecule has 0 aromatic carbocycles. The Hall–Kier alpha value is -3.55. The molecule has 0 bridgehead atoms. The predicted octanol–water partition coefficient (Wildman–Crippen LogP) is 3.42. The first kappa shape index (κ1) is 17.8. The van der Waals surface area contributed by atoms with Crippen molar-refractivity contribution in [3.05, 3.63) is 43.0 Å². The van der Waals surface area contributed by atoms with Crippen LogP contribution < -0.4 is 9.47 Å². The Morgan fingerprint density at radius 1 is 1.11 bits per heavy atom. The van der Waals surface area contributed by atoms with Crippen molar-refractivity contribution < 1.29 is 14.6 Å². The summed E-state index contributed by atoms with van der Waals surface area (Å²) < 4.78 is 14.0. The maximum Gasteiger partial charge on any atom is 0.256 e. The summed E-state index contributed by atoms with van der Waals surface area (Å²) in [5.74, 6) is 1.08. The fourth-order valence-corrected chi connectivity index (χ4v) is 3.13. The summed E-state index contributed by atoms with van der Waals surface area (Å²) in [5, 5.41) is 15.6. The lowest BCUT2D eigenvalue weighted by Crippen LogP contribution is -1.96. The third kappa shape index (κ3) is 3.02. The van der Waals surface area contributed by atoms with Crippen LogP contribution in [0.2, 0.25) is 0 Å². The summed E-state index contributed by atoms with van der Waals surface area (Å²) in [4.78, 5) is 8.94. The number of nitrogens with zero attached hydrogens (tertiary/aromatic N) is 5. The zero-order valence-electron chi connectivity index (χ0n) is 16.0. The van der Waals surface area contributed by atoms with Gasteiger partial charge >= 0.3 is 0 Å². The quantitative estimate of drug-likeness (QED) is 0.552. The maximum atomic E-state index is 10.6.